The molecule has 3 atom stereocenters. The molecule has 0 bridgehead atoms. The monoisotopic (exact) mass is 268 g/mol. The molecule has 0 spiro atoms. The van der Waals surface area contributed by atoms with Gasteiger partial charge in [0.25, 0.3) is 0 Å². The molecule has 6 heteroatoms. The molecule has 0 aromatic carbocycles. The third-order valence-corrected chi connectivity index (χ3v) is 4.51. The molecule has 0 saturated carbocycles. The summed E-state index contributed by atoms with van der Waals surface area (Å²) in [6, 6.07) is 1.49. The number of carbonyl (C=O) groups is 1. The van der Waals surface area contributed by atoms with E-state index in [9.17, 15) is 4.79 Å². The van der Waals surface area contributed by atoms with Gasteiger partial charge in [-0.15, -0.1) is 0 Å². The Balaban J connectivity index is 1.50. The van der Waals surface area contributed by atoms with Gasteiger partial charge in [0.2, 0.25) is 0 Å². The first kappa shape index (κ1) is 13.1. The average Bonchev–Trinajstić information content (AvgIpc) is 2.81. The van der Waals surface area contributed by atoms with Crippen LogP contribution in [-0.2, 0) is 4.74 Å². The van der Waals surface area contributed by atoms with Crippen LogP contribution < -0.4 is 10.6 Å². The van der Waals surface area contributed by atoms with E-state index in [0.29, 0.717) is 18.1 Å². The fourth-order valence-electron chi connectivity index (χ4n) is 3.36. The minimum Gasteiger partial charge on any atom is -0.379 e. The normalized spacial score (nSPS) is 33.9. The van der Waals surface area contributed by atoms with Crippen LogP contribution in [0.4, 0.5) is 4.79 Å². The summed E-state index contributed by atoms with van der Waals surface area (Å²) in [5, 5.41) is 6.44. The zero-order chi connectivity index (χ0) is 13.2. The lowest BCUT2D eigenvalue weighted by atomic mass is 10.0. The molecule has 0 radical (unpaired) electrons. The first-order chi connectivity index (χ1) is 9.24. The van der Waals surface area contributed by atoms with Gasteiger partial charge in [0.15, 0.2) is 0 Å². The van der Waals surface area contributed by atoms with Crippen LogP contribution in [0.3, 0.4) is 0 Å². The molecule has 3 rings (SSSR count). The Morgan fingerprint density at radius 3 is 3.16 bits per heavy atom. The van der Waals surface area contributed by atoms with Gasteiger partial charge in [-0.2, -0.15) is 0 Å². The fourth-order valence-corrected chi connectivity index (χ4v) is 3.36. The highest BCUT2D eigenvalue weighted by atomic mass is 16.5. The Morgan fingerprint density at radius 1 is 1.47 bits per heavy atom. The molecule has 19 heavy (non-hydrogen) atoms. The molecule has 0 aromatic heterocycles. The largest absolute Gasteiger partial charge is 0.379 e. The summed E-state index contributed by atoms with van der Waals surface area (Å²) in [6.07, 6.45) is 1.12. The molecule has 3 aliphatic rings. The highest BCUT2D eigenvalue weighted by Gasteiger charge is 2.36. The summed E-state index contributed by atoms with van der Waals surface area (Å²) in [7, 11) is 0. The van der Waals surface area contributed by atoms with Gasteiger partial charge >= 0.3 is 6.03 Å². The van der Waals surface area contributed by atoms with Crippen molar-refractivity contribution in [2.24, 2.45) is 0 Å². The summed E-state index contributed by atoms with van der Waals surface area (Å²) in [4.78, 5) is 16.1. The lowest BCUT2D eigenvalue weighted by Crippen LogP contribution is -2.55. The standard InChI is InChI=1S/C13H24N4O2/c1-10(6-11-9-19-5-2-14-11)16-3-4-17-12(8-16)7-15-13(17)18/h10-12,14H,2-9H2,1H3,(H,15,18). The second kappa shape index (κ2) is 5.64. The maximum Gasteiger partial charge on any atom is 0.317 e. The predicted octanol–water partition coefficient (Wildman–Crippen LogP) is -0.537. The smallest absolute Gasteiger partial charge is 0.317 e. The highest BCUT2D eigenvalue weighted by Crippen LogP contribution is 2.18. The lowest BCUT2D eigenvalue weighted by molar-refractivity contribution is 0.0487. The summed E-state index contributed by atoms with van der Waals surface area (Å²) >= 11 is 0. The van der Waals surface area contributed by atoms with Crippen molar-refractivity contribution in [3.63, 3.8) is 0 Å². The van der Waals surface area contributed by atoms with Crippen molar-refractivity contribution in [3.05, 3.63) is 0 Å². The number of hydrogen-bond donors (Lipinski definition) is 2. The van der Waals surface area contributed by atoms with Gasteiger partial charge in [-0.05, 0) is 13.3 Å². The summed E-state index contributed by atoms with van der Waals surface area (Å²) < 4.78 is 5.51. The highest BCUT2D eigenvalue weighted by molar-refractivity contribution is 5.77. The number of ether oxygens (including phenoxy) is 1. The zero-order valence-electron chi connectivity index (χ0n) is 11.6. The van der Waals surface area contributed by atoms with Gasteiger partial charge < -0.3 is 20.3 Å². The van der Waals surface area contributed by atoms with Crippen molar-refractivity contribution in [1.82, 2.24) is 20.4 Å². The molecule has 3 aliphatic heterocycles. The molecule has 2 N–H and O–H groups in total. The number of fused-ring (bicyclic) bond motifs is 1. The molecule has 0 aliphatic carbocycles. The SMILES string of the molecule is CC(CC1COCCN1)N1CCN2C(=O)NCC2C1. The first-order valence-corrected chi connectivity index (χ1v) is 7.33. The number of piperazine rings is 1. The van der Waals surface area contributed by atoms with Crippen LogP contribution in [0.1, 0.15) is 13.3 Å². The Bertz CT molecular complexity index is 333. The summed E-state index contributed by atoms with van der Waals surface area (Å²) in [5.41, 5.74) is 0. The number of carbonyl (C=O) groups excluding carboxylic acids is 1. The van der Waals surface area contributed by atoms with E-state index >= 15 is 0 Å². The zero-order valence-corrected chi connectivity index (χ0v) is 11.6. The van der Waals surface area contributed by atoms with Crippen LogP contribution in [-0.4, -0.2) is 79.9 Å². The van der Waals surface area contributed by atoms with E-state index in [-0.39, 0.29) is 6.03 Å². The maximum atomic E-state index is 11.6. The maximum absolute atomic E-state index is 11.6. The van der Waals surface area contributed by atoms with Crippen LogP contribution in [0, 0.1) is 0 Å². The van der Waals surface area contributed by atoms with Crippen molar-refractivity contribution in [1.29, 1.82) is 0 Å². The van der Waals surface area contributed by atoms with Crippen LogP contribution in [0.15, 0.2) is 0 Å². The minimum absolute atomic E-state index is 0.111. The summed E-state index contributed by atoms with van der Waals surface area (Å²) in [5.74, 6) is 0. The summed E-state index contributed by atoms with van der Waals surface area (Å²) in [6.45, 7) is 8.55. The van der Waals surface area contributed by atoms with Crippen LogP contribution in [0.5, 0.6) is 0 Å². The molecule has 3 heterocycles. The molecular weight excluding hydrogens is 244 g/mol. The van der Waals surface area contributed by atoms with Crippen LogP contribution in [0.2, 0.25) is 0 Å². The number of rotatable bonds is 3. The molecule has 3 fully saturated rings. The molecule has 2 amide bonds. The molecule has 0 aromatic rings. The van der Waals surface area contributed by atoms with E-state index in [1.165, 1.54) is 0 Å². The molecule has 108 valence electrons. The Morgan fingerprint density at radius 2 is 2.37 bits per heavy atom. The molecule has 6 nitrogen and oxygen atoms in total. The topological polar surface area (TPSA) is 56.8 Å². The second-order valence-corrected chi connectivity index (χ2v) is 5.84. The van der Waals surface area contributed by atoms with E-state index in [2.05, 4.69) is 22.5 Å². The number of nitrogens with one attached hydrogen (secondary N) is 2. The minimum atomic E-state index is 0.111. The molecule has 3 unspecified atom stereocenters. The quantitative estimate of drug-likeness (QED) is 0.722. The van der Waals surface area contributed by atoms with Crippen molar-refractivity contribution in [3.8, 4) is 0 Å². The number of morpholine rings is 1. The lowest BCUT2D eigenvalue weighted by Gasteiger charge is -2.41. The van der Waals surface area contributed by atoms with Gasteiger partial charge in [0.1, 0.15) is 0 Å². The predicted molar refractivity (Wildman–Crippen MR) is 72.2 cm³/mol. The van der Waals surface area contributed by atoms with E-state index in [0.717, 1.165) is 52.4 Å². The van der Waals surface area contributed by atoms with Crippen LogP contribution in [0.25, 0.3) is 0 Å². The van der Waals surface area contributed by atoms with E-state index in [1.54, 1.807) is 0 Å². The Hall–Kier alpha value is -0.850. The van der Waals surface area contributed by atoms with Crippen molar-refractivity contribution in [2.75, 3.05) is 45.9 Å². The van der Waals surface area contributed by atoms with Gasteiger partial charge in [-0.3, -0.25) is 4.90 Å². The fraction of sp³-hybridized carbons (Fsp3) is 0.923. The first-order valence-electron chi connectivity index (χ1n) is 7.33. The Labute approximate surface area is 114 Å². The third-order valence-electron chi connectivity index (χ3n) is 4.51. The number of nitrogens with zero attached hydrogens (tertiary/aromatic N) is 2. The van der Waals surface area contributed by atoms with Crippen LogP contribution >= 0.6 is 0 Å². The van der Waals surface area contributed by atoms with Gasteiger partial charge in [-0.1, -0.05) is 0 Å². The van der Waals surface area contributed by atoms with Gasteiger partial charge in [0, 0.05) is 44.8 Å². The average molecular weight is 268 g/mol. The number of hydrogen-bond acceptors (Lipinski definition) is 4. The number of urea groups is 1. The van der Waals surface area contributed by atoms with Gasteiger partial charge in [0.05, 0.1) is 19.3 Å². The van der Waals surface area contributed by atoms with E-state index in [1.807, 2.05) is 4.90 Å². The molecular formula is C13H24N4O2. The third kappa shape index (κ3) is 2.85. The van der Waals surface area contributed by atoms with E-state index in [4.69, 9.17) is 4.74 Å². The van der Waals surface area contributed by atoms with Gasteiger partial charge in [-0.25, -0.2) is 4.79 Å². The Kier molecular flexibility index (Phi) is 3.91. The van der Waals surface area contributed by atoms with Crippen molar-refractivity contribution in [2.45, 2.75) is 31.5 Å². The number of amides is 2. The van der Waals surface area contributed by atoms with E-state index < -0.39 is 0 Å². The molecule has 3 saturated heterocycles. The second-order valence-electron chi connectivity index (χ2n) is 5.84. The van der Waals surface area contributed by atoms with Crippen molar-refractivity contribution >= 4 is 6.03 Å². The van der Waals surface area contributed by atoms with Crippen molar-refractivity contribution < 1.29 is 9.53 Å².